The summed E-state index contributed by atoms with van der Waals surface area (Å²) >= 11 is 0. The van der Waals surface area contributed by atoms with Crippen molar-refractivity contribution in [3.05, 3.63) is 65.2 Å². The van der Waals surface area contributed by atoms with Gasteiger partial charge in [0.2, 0.25) is 0 Å². The van der Waals surface area contributed by atoms with Gasteiger partial charge in [-0.05, 0) is 44.3 Å². The van der Waals surface area contributed by atoms with Gasteiger partial charge < -0.3 is 15.5 Å². The van der Waals surface area contributed by atoms with Crippen LogP contribution in [0.4, 0.5) is 10.5 Å². The fourth-order valence-corrected chi connectivity index (χ4v) is 2.20. The zero-order valence-electron chi connectivity index (χ0n) is 13.4. The van der Waals surface area contributed by atoms with Crippen LogP contribution in [0.2, 0.25) is 0 Å². The van der Waals surface area contributed by atoms with Crippen molar-refractivity contribution in [1.82, 2.24) is 10.2 Å². The second kappa shape index (κ2) is 7.61. The zero-order valence-corrected chi connectivity index (χ0v) is 13.4. The molecule has 4 nitrogen and oxygen atoms in total. The highest BCUT2D eigenvalue weighted by atomic mass is 16.2. The highest BCUT2D eigenvalue weighted by molar-refractivity contribution is 5.89. The number of nitrogens with zero attached hydrogens (tertiary/aromatic N) is 1. The molecule has 0 aromatic heterocycles. The third-order valence-electron chi connectivity index (χ3n) is 3.25. The molecule has 2 aromatic carbocycles. The minimum Gasteiger partial charge on any atom is -0.334 e. The summed E-state index contributed by atoms with van der Waals surface area (Å²) in [4.78, 5) is 14.0. The summed E-state index contributed by atoms with van der Waals surface area (Å²) in [6, 6.07) is 15.8. The van der Waals surface area contributed by atoms with Crippen LogP contribution in [-0.2, 0) is 13.1 Å². The van der Waals surface area contributed by atoms with Crippen molar-refractivity contribution < 1.29 is 4.79 Å². The van der Waals surface area contributed by atoms with Gasteiger partial charge in [0.15, 0.2) is 0 Å². The fourth-order valence-electron chi connectivity index (χ4n) is 2.20. The van der Waals surface area contributed by atoms with E-state index in [-0.39, 0.29) is 6.03 Å². The van der Waals surface area contributed by atoms with Gasteiger partial charge in [0.25, 0.3) is 0 Å². The Morgan fingerprint density at radius 1 is 1.05 bits per heavy atom. The van der Waals surface area contributed by atoms with E-state index < -0.39 is 0 Å². The third kappa shape index (κ3) is 5.22. The minimum atomic E-state index is -0.193. The maximum Gasteiger partial charge on any atom is 0.319 e. The van der Waals surface area contributed by atoms with Gasteiger partial charge >= 0.3 is 6.03 Å². The number of aryl methyl sites for hydroxylation is 1. The molecule has 0 radical (unpaired) electrons. The van der Waals surface area contributed by atoms with Gasteiger partial charge in [-0.1, -0.05) is 42.0 Å². The largest absolute Gasteiger partial charge is 0.334 e. The number of amides is 2. The summed E-state index contributed by atoms with van der Waals surface area (Å²) < 4.78 is 0. The second-order valence-electron chi connectivity index (χ2n) is 5.73. The number of rotatable bonds is 5. The van der Waals surface area contributed by atoms with Crippen LogP contribution in [0.15, 0.2) is 48.5 Å². The molecule has 0 aliphatic heterocycles. The number of hydrogen-bond donors (Lipinski definition) is 2. The molecule has 4 heteroatoms. The van der Waals surface area contributed by atoms with Crippen LogP contribution in [-0.4, -0.2) is 25.0 Å². The first-order valence-electron chi connectivity index (χ1n) is 7.37. The zero-order chi connectivity index (χ0) is 15.9. The highest BCUT2D eigenvalue weighted by Crippen LogP contribution is 2.09. The molecule has 0 unspecified atom stereocenters. The van der Waals surface area contributed by atoms with E-state index in [0.717, 1.165) is 17.8 Å². The monoisotopic (exact) mass is 297 g/mol. The molecule has 0 aliphatic rings. The summed E-state index contributed by atoms with van der Waals surface area (Å²) in [6.07, 6.45) is 0. The van der Waals surface area contributed by atoms with Gasteiger partial charge in [0.1, 0.15) is 0 Å². The Morgan fingerprint density at radius 2 is 1.73 bits per heavy atom. The van der Waals surface area contributed by atoms with E-state index in [1.807, 2.05) is 57.4 Å². The number of anilines is 1. The first-order valence-corrected chi connectivity index (χ1v) is 7.37. The average molecular weight is 297 g/mol. The Kier molecular flexibility index (Phi) is 5.55. The molecule has 0 atom stereocenters. The van der Waals surface area contributed by atoms with Gasteiger partial charge in [0.05, 0.1) is 0 Å². The lowest BCUT2D eigenvalue weighted by Crippen LogP contribution is -2.28. The van der Waals surface area contributed by atoms with Crippen molar-refractivity contribution in [3.8, 4) is 0 Å². The smallest absolute Gasteiger partial charge is 0.319 e. The Labute approximate surface area is 132 Å². The molecule has 2 amide bonds. The number of urea groups is 1. The molecule has 0 bridgehead atoms. The van der Waals surface area contributed by atoms with Crippen molar-refractivity contribution >= 4 is 11.7 Å². The standard InChI is InChI=1S/C18H23N3O/c1-14-7-9-17(10-8-14)20-18(22)19-12-15-5-4-6-16(11-15)13-21(2)3/h4-11H,12-13H2,1-3H3,(H2,19,20,22). The van der Waals surface area contributed by atoms with Gasteiger partial charge in [-0.3, -0.25) is 0 Å². The molecular weight excluding hydrogens is 274 g/mol. The molecule has 0 spiro atoms. The molecule has 116 valence electrons. The van der Waals surface area contributed by atoms with E-state index in [4.69, 9.17) is 0 Å². The van der Waals surface area contributed by atoms with Crippen molar-refractivity contribution in [3.63, 3.8) is 0 Å². The topological polar surface area (TPSA) is 44.4 Å². The normalized spacial score (nSPS) is 10.5. The first-order chi connectivity index (χ1) is 10.5. The van der Waals surface area contributed by atoms with Gasteiger partial charge in [-0.15, -0.1) is 0 Å². The van der Waals surface area contributed by atoms with E-state index >= 15 is 0 Å². The Bertz CT molecular complexity index is 620. The number of carbonyl (C=O) groups is 1. The van der Waals surface area contributed by atoms with Crippen molar-refractivity contribution in [2.45, 2.75) is 20.0 Å². The van der Waals surface area contributed by atoms with Crippen LogP contribution in [0, 0.1) is 6.92 Å². The molecule has 2 aromatic rings. The predicted molar refractivity (Wildman–Crippen MR) is 90.9 cm³/mol. The third-order valence-corrected chi connectivity index (χ3v) is 3.25. The molecule has 2 rings (SSSR count). The SMILES string of the molecule is Cc1ccc(NC(=O)NCc2cccc(CN(C)C)c2)cc1. The lowest BCUT2D eigenvalue weighted by molar-refractivity contribution is 0.251. The maximum absolute atomic E-state index is 11.9. The second-order valence-corrected chi connectivity index (χ2v) is 5.73. The molecule has 0 saturated carbocycles. The molecule has 22 heavy (non-hydrogen) atoms. The van der Waals surface area contributed by atoms with Gasteiger partial charge in [-0.25, -0.2) is 4.79 Å². The van der Waals surface area contributed by atoms with Gasteiger partial charge in [-0.2, -0.15) is 0 Å². The van der Waals surface area contributed by atoms with E-state index in [0.29, 0.717) is 6.54 Å². The fraction of sp³-hybridized carbons (Fsp3) is 0.278. The molecule has 0 fully saturated rings. The van der Waals surface area contributed by atoms with Crippen molar-refractivity contribution in [2.24, 2.45) is 0 Å². The number of hydrogen-bond acceptors (Lipinski definition) is 2. The summed E-state index contributed by atoms with van der Waals surface area (Å²) in [7, 11) is 4.08. The van der Waals surface area contributed by atoms with Crippen LogP contribution in [0.5, 0.6) is 0 Å². The lowest BCUT2D eigenvalue weighted by Gasteiger charge is -2.12. The summed E-state index contributed by atoms with van der Waals surface area (Å²) in [5.74, 6) is 0. The number of carbonyl (C=O) groups excluding carboxylic acids is 1. The van der Waals surface area contributed by atoms with Crippen LogP contribution in [0.25, 0.3) is 0 Å². The average Bonchev–Trinajstić information content (AvgIpc) is 2.47. The molecule has 0 saturated heterocycles. The Hall–Kier alpha value is -2.33. The minimum absolute atomic E-state index is 0.193. The molecular formula is C18H23N3O. The summed E-state index contributed by atoms with van der Waals surface area (Å²) in [5, 5.41) is 5.71. The highest BCUT2D eigenvalue weighted by Gasteiger charge is 2.03. The predicted octanol–water partition coefficient (Wildman–Crippen LogP) is 3.38. The number of benzene rings is 2. The molecule has 0 heterocycles. The quantitative estimate of drug-likeness (QED) is 0.888. The molecule has 2 N–H and O–H groups in total. The van der Waals surface area contributed by atoms with Crippen LogP contribution in [0.1, 0.15) is 16.7 Å². The van der Waals surface area contributed by atoms with Gasteiger partial charge in [0, 0.05) is 18.8 Å². The van der Waals surface area contributed by atoms with Crippen molar-refractivity contribution in [2.75, 3.05) is 19.4 Å². The van der Waals surface area contributed by atoms with E-state index in [2.05, 4.69) is 27.7 Å². The molecule has 0 aliphatic carbocycles. The van der Waals surface area contributed by atoms with Crippen LogP contribution >= 0.6 is 0 Å². The lowest BCUT2D eigenvalue weighted by atomic mass is 10.1. The Balaban J connectivity index is 1.86. The van der Waals surface area contributed by atoms with E-state index in [1.165, 1.54) is 11.1 Å². The van der Waals surface area contributed by atoms with Crippen molar-refractivity contribution in [1.29, 1.82) is 0 Å². The maximum atomic E-state index is 11.9. The summed E-state index contributed by atoms with van der Waals surface area (Å²) in [5.41, 5.74) is 4.30. The number of nitrogens with one attached hydrogen (secondary N) is 2. The summed E-state index contributed by atoms with van der Waals surface area (Å²) in [6.45, 7) is 3.42. The van der Waals surface area contributed by atoms with Crippen LogP contribution < -0.4 is 10.6 Å². The Morgan fingerprint density at radius 3 is 2.41 bits per heavy atom. The van der Waals surface area contributed by atoms with Crippen LogP contribution in [0.3, 0.4) is 0 Å². The van der Waals surface area contributed by atoms with E-state index in [9.17, 15) is 4.79 Å². The van der Waals surface area contributed by atoms with E-state index in [1.54, 1.807) is 0 Å². The first kappa shape index (κ1) is 16.0.